The first-order chi connectivity index (χ1) is 27.8. The van der Waals surface area contributed by atoms with Crippen molar-refractivity contribution in [2.24, 2.45) is 0 Å². The first-order valence-electron chi connectivity index (χ1n) is 19.1. The minimum absolute atomic E-state index is 0.326. The van der Waals surface area contributed by atoms with Crippen LogP contribution < -0.4 is 0 Å². The molecule has 0 saturated carbocycles. The number of hydrogen-bond donors (Lipinski definition) is 0. The molecule has 7 aromatic carbocycles. The van der Waals surface area contributed by atoms with Crippen LogP contribution in [-0.2, 0) is 30.5 Å². The number of aromatic nitrogens is 2. The molecule has 2 aliphatic heterocycles. The van der Waals surface area contributed by atoms with E-state index in [2.05, 4.69) is 73.2 Å². The lowest BCUT2D eigenvalue weighted by Gasteiger charge is -2.35. The summed E-state index contributed by atoms with van der Waals surface area (Å²) in [6, 6.07) is 47.2. The van der Waals surface area contributed by atoms with E-state index >= 15 is 0 Å². The highest BCUT2D eigenvalue weighted by molar-refractivity contribution is 7.92. The molecule has 0 N–H and O–H groups in total. The van der Waals surface area contributed by atoms with Crippen molar-refractivity contribution in [3.63, 3.8) is 0 Å². The lowest BCUT2D eigenvalue weighted by molar-refractivity contribution is 0.555. The summed E-state index contributed by atoms with van der Waals surface area (Å²) in [5.74, 6) is 0. The molecule has 4 heterocycles. The molecule has 0 bridgehead atoms. The molecular formula is C48H36N2O4S4. The Kier molecular flexibility index (Phi) is 7.38. The van der Waals surface area contributed by atoms with E-state index in [1.165, 1.54) is 0 Å². The normalized spacial score (nSPS) is 16.8. The van der Waals surface area contributed by atoms with Gasteiger partial charge in [0.15, 0.2) is 0 Å². The maximum Gasteiger partial charge on any atom is 0.207 e. The number of para-hydroxylation sites is 2. The fourth-order valence-corrected chi connectivity index (χ4v) is 15.4. The lowest BCUT2D eigenvalue weighted by Crippen LogP contribution is -2.29. The zero-order valence-electron chi connectivity index (χ0n) is 32.0. The third-order valence-corrected chi connectivity index (χ3v) is 18.2. The van der Waals surface area contributed by atoms with Gasteiger partial charge in [0.2, 0.25) is 19.7 Å². The molecule has 2 aromatic heterocycles. The van der Waals surface area contributed by atoms with Gasteiger partial charge in [-0.3, -0.25) is 0 Å². The zero-order chi connectivity index (χ0) is 39.9. The highest BCUT2D eigenvalue weighted by Crippen LogP contribution is 2.49. The second-order valence-electron chi connectivity index (χ2n) is 16.2. The molecular weight excluding hydrogens is 797 g/mol. The molecule has 10 heteroatoms. The molecule has 0 aliphatic carbocycles. The van der Waals surface area contributed by atoms with Gasteiger partial charge < -0.3 is 9.13 Å². The highest BCUT2D eigenvalue weighted by Gasteiger charge is 2.42. The smallest absolute Gasteiger partial charge is 0.207 e. The van der Waals surface area contributed by atoms with Crippen molar-refractivity contribution in [1.82, 2.24) is 9.13 Å². The maximum absolute atomic E-state index is 14.3. The Morgan fingerprint density at radius 2 is 0.741 bits per heavy atom. The van der Waals surface area contributed by atoms with Gasteiger partial charge in [-0.25, -0.2) is 16.8 Å². The quantitative estimate of drug-likeness (QED) is 0.163. The maximum atomic E-state index is 14.3. The minimum Gasteiger partial charge on any atom is -0.308 e. The van der Waals surface area contributed by atoms with Crippen molar-refractivity contribution in [2.75, 3.05) is 0 Å². The Balaban J connectivity index is 1.19. The monoisotopic (exact) mass is 832 g/mol. The van der Waals surface area contributed by atoms with Gasteiger partial charge in [-0.2, -0.15) is 0 Å². The van der Waals surface area contributed by atoms with E-state index in [0.717, 1.165) is 74.5 Å². The topological polar surface area (TPSA) is 78.1 Å². The van der Waals surface area contributed by atoms with Crippen molar-refractivity contribution < 1.29 is 16.8 Å². The molecule has 0 saturated heterocycles. The summed E-state index contributed by atoms with van der Waals surface area (Å²) >= 11 is 3.35. The van der Waals surface area contributed by atoms with Gasteiger partial charge >= 0.3 is 0 Å². The minimum atomic E-state index is -3.80. The molecule has 0 fully saturated rings. The van der Waals surface area contributed by atoms with Crippen LogP contribution in [0.1, 0.15) is 49.9 Å². The van der Waals surface area contributed by atoms with Crippen LogP contribution in [0.3, 0.4) is 0 Å². The van der Waals surface area contributed by atoms with Crippen LogP contribution in [0.15, 0.2) is 165 Å². The molecule has 0 amide bonds. The number of benzene rings is 7. The van der Waals surface area contributed by atoms with Crippen LogP contribution in [0, 0.1) is 0 Å². The average molecular weight is 833 g/mol. The van der Waals surface area contributed by atoms with Crippen LogP contribution in [0.4, 0.5) is 0 Å². The predicted octanol–water partition coefficient (Wildman–Crippen LogP) is 12.1. The number of fused-ring (bicyclic) bond motifs is 8. The van der Waals surface area contributed by atoms with Crippen LogP contribution in [0.5, 0.6) is 0 Å². The Hall–Kier alpha value is -5.52. The van der Waals surface area contributed by atoms with Crippen molar-refractivity contribution in [3.05, 3.63) is 168 Å². The summed E-state index contributed by atoms with van der Waals surface area (Å²) in [6.07, 6.45) is 0. The van der Waals surface area contributed by atoms with Crippen LogP contribution in [0.25, 0.3) is 52.2 Å². The molecule has 286 valence electrons. The predicted molar refractivity (Wildman–Crippen MR) is 237 cm³/mol. The first kappa shape index (κ1) is 35.6. The van der Waals surface area contributed by atoms with E-state index in [-0.39, 0.29) is 0 Å². The summed E-state index contributed by atoms with van der Waals surface area (Å²) in [4.78, 5) is 1.36. The number of sulfone groups is 2. The molecule has 11 rings (SSSR count). The van der Waals surface area contributed by atoms with Gasteiger partial charge in [-0.05, 0) is 95.1 Å². The van der Waals surface area contributed by atoms with E-state index in [4.69, 9.17) is 0 Å². The third kappa shape index (κ3) is 4.80. The molecule has 0 atom stereocenters. The highest BCUT2D eigenvalue weighted by atomic mass is 32.2. The van der Waals surface area contributed by atoms with Crippen molar-refractivity contribution in [2.45, 2.75) is 58.1 Å². The second-order valence-corrected chi connectivity index (χ2v) is 22.1. The van der Waals surface area contributed by atoms with E-state index < -0.39 is 30.5 Å². The number of nitrogens with zero attached hydrogens (tertiary/aromatic N) is 2. The van der Waals surface area contributed by atoms with Gasteiger partial charge in [0.1, 0.15) is 0 Å². The standard InChI is InChI=1S/C48H36N2O4S4/c1-47(2)31-13-5-11-19-43(31)57(51,52)45-25-29(21-23-33(45)47)49-35-15-7-9-17-39(35)55-41-28-38-42(27-37(41)49)56-40-18-10-8-16-36(40)50(38)30-22-24-34-46(26-30)58(53,54)44-20-12-6-14-32(44)48(34,3)4/h5-28H,1-4H3. The van der Waals surface area contributed by atoms with Gasteiger partial charge in [0, 0.05) is 22.2 Å². The molecule has 0 unspecified atom stereocenters. The van der Waals surface area contributed by atoms with E-state index in [1.54, 1.807) is 46.9 Å². The largest absolute Gasteiger partial charge is 0.308 e. The van der Waals surface area contributed by atoms with Gasteiger partial charge in [0.05, 0.1) is 60.4 Å². The van der Waals surface area contributed by atoms with E-state index in [9.17, 15) is 16.8 Å². The first-order valence-corrected chi connectivity index (χ1v) is 23.7. The summed E-state index contributed by atoms with van der Waals surface area (Å²) in [5, 5.41) is 0. The molecule has 2 aliphatic rings. The van der Waals surface area contributed by atoms with Crippen molar-refractivity contribution >= 4 is 83.2 Å². The van der Waals surface area contributed by atoms with E-state index in [0.29, 0.717) is 19.6 Å². The molecule has 6 nitrogen and oxygen atoms in total. The van der Waals surface area contributed by atoms with Crippen molar-refractivity contribution in [3.8, 4) is 11.4 Å². The summed E-state index contributed by atoms with van der Waals surface area (Å²) < 4.78 is 65.8. The Morgan fingerprint density at radius 3 is 1.17 bits per heavy atom. The Bertz CT molecular complexity index is 3320. The fraction of sp³-hybridized carbons (Fsp3) is 0.125. The third-order valence-electron chi connectivity index (χ3n) is 12.2. The summed E-state index contributed by atoms with van der Waals surface area (Å²) in [5.41, 5.74) is 7.47. The van der Waals surface area contributed by atoms with Crippen LogP contribution in [-0.4, -0.2) is 26.0 Å². The Morgan fingerprint density at radius 1 is 0.379 bits per heavy atom. The molecule has 0 spiro atoms. The second kappa shape index (κ2) is 12.0. The zero-order valence-corrected chi connectivity index (χ0v) is 35.3. The van der Waals surface area contributed by atoms with Gasteiger partial charge in [-0.15, -0.1) is 22.7 Å². The molecule has 58 heavy (non-hydrogen) atoms. The molecule has 9 aromatic rings. The van der Waals surface area contributed by atoms with Gasteiger partial charge in [-0.1, -0.05) is 100 Å². The van der Waals surface area contributed by atoms with Crippen LogP contribution >= 0.6 is 22.7 Å². The van der Waals surface area contributed by atoms with Crippen molar-refractivity contribution in [1.29, 1.82) is 0 Å². The SMILES string of the molecule is CC1(C)c2ccccc2S(=O)(=O)c2cc(-n3c4ccccc4sc4cc5c(cc43)sc3ccccc3n5-c3ccc4c(c3)S(=O)(=O)c3ccccc3C4(C)C)ccc21. The summed E-state index contributed by atoms with van der Waals surface area (Å²) in [6.45, 7) is 8.36. The molecule has 0 radical (unpaired) electrons. The summed E-state index contributed by atoms with van der Waals surface area (Å²) in [7, 11) is -7.60. The Labute approximate surface area is 344 Å². The van der Waals surface area contributed by atoms with E-state index in [1.807, 2.05) is 84.9 Å². The lowest BCUT2D eigenvalue weighted by atomic mass is 9.77. The fourth-order valence-electron chi connectivity index (χ4n) is 9.30. The number of hydrogen-bond acceptors (Lipinski definition) is 6. The van der Waals surface area contributed by atoms with Crippen LogP contribution in [0.2, 0.25) is 0 Å². The average Bonchev–Trinajstić information content (AvgIpc) is 3.23. The van der Waals surface area contributed by atoms with Gasteiger partial charge in [0.25, 0.3) is 0 Å². The number of rotatable bonds is 2.